The van der Waals surface area contributed by atoms with E-state index in [0.717, 1.165) is 25.2 Å². The average Bonchev–Trinajstić information content (AvgIpc) is 2.34. The number of benzene rings is 1. The molecule has 0 saturated carbocycles. The van der Waals surface area contributed by atoms with Crippen molar-refractivity contribution in [3.8, 4) is 0 Å². The Labute approximate surface area is 109 Å². The molecule has 0 unspecified atom stereocenters. The maximum Gasteiger partial charge on any atom is 0.248 e. The van der Waals surface area contributed by atoms with Crippen LogP contribution in [0.25, 0.3) is 0 Å². The fraction of sp³-hybridized carbons (Fsp3) is 0.500. The smallest absolute Gasteiger partial charge is 0.248 e. The highest BCUT2D eigenvalue weighted by atomic mass is 16.1. The average molecular weight is 249 g/mol. The van der Waals surface area contributed by atoms with E-state index in [1.165, 1.54) is 0 Å². The quantitative estimate of drug-likeness (QED) is 0.714. The Morgan fingerprint density at radius 2 is 1.94 bits per heavy atom. The number of amides is 1. The minimum atomic E-state index is -0.381. The van der Waals surface area contributed by atoms with Gasteiger partial charge in [-0.1, -0.05) is 12.1 Å². The molecule has 4 heteroatoms. The van der Waals surface area contributed by atoms with Crippen LogP contribution in [0.5, 0.6) is 0 Å². The van der Waals surface area contributed by atoms with E-state index in [-0.39, 0.29) is 5.91 Å². The molecule has 0 bridgehead atoms. The fourth-order valence-electron chi connectivity index (χ4n) is 1.53. The Hall–Kier alpha value is -1.39. The van der Waals surface area contributed by atoms with Crippen molar-refractivity contribution in [1.82, 2.24) is 10.2 Å². The Morgan fingerprint density at radius 1 is 1.33 bits per heavy atom. The van der Waals surface area contributed by atoms with Crippen LogP contribution in [0.2, 0.25) is 0 Å². The van der Waals surface area contributed by atoms with Crippen molar-refractivity contribution in [2.75, 3.05) is 20.1 Å². The molecule has 0 aliphatic carbocycles. The van der Waals surface area contributed by atoms with Gasteiger partial charge in [0.25, 0.3) is 0 Å². The van der Waals surface area contributed by atoms with Crippen molar-refractivity contribution in [2.24, 2.45) is 5.73 Å². The molecule has 100 valence electrons. The fourth-order valence-corrected chi connectivity index (χ4v) is 1.53. The van der Waals surface area contributed by atoms with Crippen molar-refractivity contribution in [2.45, 2.75) is 26.4 Å². The Kier molecular flexibility index (Phi) is 5.82. The SMILES string of the molecule is CC(C)N(C)CCNCc1ccc(C(N)=O)cc1. The first kappa shape index (κ1) is 14.7. The normalized spacial score (nSPS) is 11.2. The van der Waals surface area contributed by atoms with Crippen LogP contribution >= 0.6 is 0 Å². The first-order valence-electron chi connectivity index (χ1n) is 6.30. The Morgan fingerprint density at radius 3 is 2.44 bits per heavy atom. The maximum absolute atomic E-state index is 10.9. The van der Waals surface area contributed by atoms with Crippen molar-refractivity contribution in [1.29, 1.82) is 0 Å². The number of nitrogens with two attached hydrogens (primary N) is 1. The van der Waals surface area contributed by atoms with Crippen LogP contribution in [0.3, 0.4) is 0 Å². The highest BCUT2D eigenvalue weighted by Gasteiger charge is 2.02. The van der Waals surface area contributed by atoms with Gasteiger partial charge in [0, 0.05) is 31.2 Å². The number of primary amides is 1. The summed E-state index contributed by atoms with van der Waals surface area (Å²) in [7, 11) is 2.12. The van der Waals surface area contributed by atoms with E-state index in [1.807, 2.05) is 12.1 Å². The standard InChI is InChI=1S/C14H23N3O/c1-11(2)17(3)9-8-16-10-12-4-6-13(7-5-12)14(15)18/h4-7,11,16H,8-10H2,1-3H3,(H2,15,18). The largest absolute Gasteiger partial charge is 0.366 e. The number of rotatable bonds is 7. The van der Waals surface area contributed by atoms with Crippen LogP contribution < -0.4 is 11.1 Å². The Bertz CT molecular complexity index is 373. The lowest BCUT2D eigenvalue weighted by Gasteiger charge is -2.20. The number of nitrogens with zero attached hydrogens (tertiary/aromatic N) is 1. The predicted octanol–water partition coefficient (Wildman–Crippen LogP) is 1.22. The van der Waals surface area contributed by atoms with Gasteiger partial charge in [0.2, 0.25) is 5.91 Å². The predicted molar refractivity (Wildman–Crippen MR) is 74.4 cm³/mol. The van der Waals surface area contributed by atoms with Crippen molar-refractivity contribution >= 4 is 5.91 Å². The third-order valence-electron chi connectivity index (χ3n) is 3.09. The van der Waals surface area contributed by atoms with Gasteiger partial charge in [-0.05, 0) is 38.6 Å². The molecule has 0 saturated heterocycles. The van der Waals surface area contributed by atoms with Crippen LogP contribution in [0.4, 0.5) is 0 Å². The lowest BCUT2D eigenvalue weighted by molar-refractivity contribution is 0.100. The zero-order chi connectivity index (χ0) is 13.5. The molecule has 1 rings (SSSR count). The van der Waals surface area contributed by atoms with Gasteiger partial charge in [0.1, 0.15) is 0 Å². The summed E-state index contributed by atoms with van der Waals surface area (Å²) in [5.41, 5.74) is 6.90. The first-order valence-corrected chi connectivity index (χ1v) is 6.30. The van der Waals surface area contributed by atoms with Gasteiger partial charge in [0.05, 0.1) is 0 Å². The molecule has 0 fully saturated rings. The van der Waals surface area contributed by atoms with E-state index >= 15 is 0 Å². The summed E-state index contributed by atoms with van der Waals surface area (Å²) >= 11 is 0. The van der Waals surface area contributed by atoms with E-state index in [1.54, 1.807) is 12.1 Å². The second-order valence-electron chi connectivity index (χ2n) is 4.81. The summed E-state index contributed by atoms with van der Waals surface area (Å²) in [5, 5.41) is 3.38. The topological polar surface area (TPSA) is 58.4 Å². The summed E-state index contributed by atoms with van der Waals surface area (Å²) in [6, 6.07) is 7.96. The van der Waals surface area contributed by atoms with Gasteiger partial charge in [0.15, 0.2) is 0 Å². The van der Waals surface area contributed by atoms with Gasteiger partial charge in [-0.2, -0.15) is 0 Å². The Balaban J connectivity index is 2.29. The molecular weight excluding hydrogens is 226 g/mol. The van der Waals surface area contributed by atoms with E-state index in [0.29, 0.717) is 11.6 Å². The first-order chi connectivity index (χ1) is 8.50. The third-order valence-corrected chi connectivity index (χ3v) is 3.09. The molecule has 0 atom stereocenters. The molecule has 1 aromatic rings. The molecule has 3 N–H and O–H groups in total. The van der Waals surface area contributed by atoms with Crippen LogP contribution in [-0.2, 0) is 6.54 Å². The second kappa shape index (κ2) is 7.13. The zero-order valence-corrected chi connectivity index (χ0v) is 11.4. The van der Waals surface area contributed by atoms with Crippen LogP contribution in [0.1, 0.15) is 29.8 Å². The van der Waals surface area contributed by atoms with Gasteiger partial charge < -0.3 is 16.0 Å². The van der Waals surface area contributed by atoms with Gasteiger partial charge in [-0.3, -0.25) is 4.79 Å². The molecule has 0 aliphatic rings. The minimum absolute atomic E-state index is 0.381. The van der Waals surface area contributed by atoms with E-state index < -0.39 is 0 Å². The summed E-state index contributed by atoms with van der Waals surface area (Å²) < 4.78 is 0. The summed E-state index contributed by atoms with van der Waals surface area (Å²) in [6.07, 6.45) is 0. The minimum Gasteiger partial charge on any atom is -0.366 e. The number of hydrogen-bond acceptors (Lipinski definition) is 3. The highest BCUT2D eigenvalue weighted by molar-refractivity contribution is 5.92. The molecule has 0 aliphatic heterocycles. The van der Waals surface area contributed by atoms with Crippen molar-refractivity contribution in [3.63, 3.8) is 0 Å². The number of nitrogens with one attached hydrogen (secondary N) is 1. The lowest BCUT2D eigenvalue weighted by atomic mass is 10.1. The van der Waals surface area contributed by atoms with Crippen LogP contribution in [0.15, 0.2) is 24.3 Å². The van der Waals surface area contributed by atoms with Crippen molar-refractivity contribution < 1.29 is 4.79 Å². The third kappa shape index (κ3) is 4.85. The van der Waals surface area contributed by atoms with E-state index in [4.69, 9.17) is 5.73 Å². The second-order valence-corrected chi connectivity index (χ2v) is 4.81. The number of likely N-dealkylation sites (N-methyl/N-ethyl adjacent to an activating group) is 1. The van der Waals surface area contributed by atoms with E-state index in [2.05, 4.69) is 31.1 Å². The number of carbonyl (C=O) groups is 1. The molecule has 4 nitrogen and oxygen atoms in total. The van der Waals surface area contributed by atoms with Gasteiger partial charge >= 0.3 is 0 Å². The molecule has 0 aromatic heterocycles. The molecule has 0 spiro atoms. The van der Waals surface area contributed by atoms with Gasteiger partial charge in [-0.25, -0.2) is 0 Å². The molecule has 18 heavy (non-hydrogen) atoms. The molecule has 0 heterocycles. The van der Waals surface area contributed by atoms with Crippen LogP contribution in [-0.4, -0.2) is 37.0 Å². The molecule has 1 aromatic carbocycles. The zero-order valence-electron chi connectivity index (χ0n) is 11.4. The van der Waals surface area contributed by atoms with Gasteiger partial charge in [-0.15, -0.1) is 0 Å². The summed E-state index contributed by atoms with van der Waals surface area (Å²) in [6.45, 7) is 7.15. The van der Waals surface area contributed by atoms with E-state index in [9.17, 15) is 4.79 Å². The lowest BCUT2D eigenvalue weighted by Crippen LogP contribution is -2.33. The highest BCUT2D eigenvalue weighted by Crippen LogP contribution is 2.03. The monoisotopic (exact) mass is 249 g/mol. The molecular formula is C14H23N3O. The molecule has 0 radical (unpaired) electrons. The number of carbonyl (C=O) groups excluding carboxylic acids is 1. The maximum atomic E-state index is 10.9. The van der Waals surface area contributed by atoms with Crippen LogP contribution in [0, 0.1) is 0 Å². The number of hydrogen-bond donors (Lipinski definition) is 2. The molecule has 1 amide bonds. The summed E-state index contributed by atoms with van der Waals surface area (Å²) in [4.78, 5) is 13.2. The van der Waals surface area contributed by atoms with Crippen molar-refractivity contribution in [3.05, 3.63) is 35.4 Å². The summed E-state index contributed by atoms with van der Waals surface area (Å²) in [5.74, 6) is -0.381.